The third-order valence-corrected chi connectivity index (χ3v) is 4.24. The molecule has 0 aliphatic carbocycles. The minimum atomic E-state index is -0.203. The zero-order valence-electron chi connectivity index (χ0n) is 14.2. The Bertz CT molecular complexity index is 876. The monoisotopic (exact) mass is 366 g/mol. The van der Waals surface area contributed by atoms with Crippen molar-refractivity contribution >= 4 is 28.6 Å². The van der Waals surface area contributed by atoms with Gasteiger partial charge in [0.05, 0.1) is 19.0 Å². The molecule has 1 heterocycles. The molecule has 0 saturated heterocycles. The van der Waals surface area contributed by atoms with Crippen molar-refractivity contribution in [3.05, 3.63) is 65.5 Å². The lowest BCUT2D eigenvalue weighted by atomic mass is 10.2. The summed E-state index contributed by atoms with van der Waals surface area (Å²) in [6, 6.07) is 17.3. The SMILES string of the molecule is COc1ccc(/C=N/NCC(=O)Nc2nc(-c3ccccc3)cs2)cc1. The first-order valence-corrected chi connectivity index (χ1v) is 8.83. The largest absolute Gasteiger partial charge is 0.497 e. The van der Waals surface area contributed by atoms with Crippen LogP contribution in [0.5, 0.6) is 5.75 Å². The van der Waals surface area contributed by atoms with Crippen molar-refractivity contribution < 1.29 is 9.53 Å². The van der Waals surface area contributed by atoms with Gasteiger partial charge in [-0.25, -0.2) is 4.98 Å². The van der Waals surface area contributed by atoms with Gasteiger partial charge in [0.15, 0.2) is 5.13 Å². The van der Waals surface area contributed by atoms with Crippen molar-refractivity contribution in [2.24, 2.45) is 5.10 Å². The van der Waals surface area contributed by atoms with Crippen LogP contribution in [0.1, 0.15) is 5.56 Å². The van der Waals surface area contributed by atoms with Crippen LogP contribution in [0.2, 0.25) is 0 Å². The zero-order chi connectivity index (χ0) is 18.2. The molecule has 7 heteroatoms. The van der Waals surface area contributed by atoms with E-state index in [1.165, 1.54) is 11.3 Å². The van der Waals surface area contributed by atoms with Gasteiger partial charge in [-0.05, 0) is 29.8 Å². The molecule has 0 fully saturated rings. The van der Waals surface area contributed by atoms with Crippen LogP contribution in [0.4, 0.5) is 5.13 Å². The van der Waals surface area contributed by atoms with Gasteiger partial charge in [-0.1, -0.05) is 30.3 Å². The molecule has 26 heavy (non-hydrogen) atoms. The van der Waals surface area contributed by atoms with Crippen molar-refractivity contribution in [3.8, 4) is 17.0 Å². The van der Waals surface area contributed by atoms with Gasteiger partial charge in [0.25, 0.3) is 0 Å². The second-order valence-electron chi connectivity index (χ2n) is 5.32. The first kappa shape index (κ1) is 17.6. The molecule has 0 aliphatic heterocycles. The van der Waals surface area contributed by atoms with Crippen molar-refractivity contribution in [2.45, 2.75) is 0 Å². The number of hydrogen-bond donors (Lipinski definition) is 2. The van der Waals surface area contributed by atoms with Gasteiger partial charge in [-0.15, -0.1) is 11.3 Å². The number of hydrogen-bond acceptors (Lipinski definition) is 6. The fourth-order valence-electron chi connectivity index (χ4n) is 2.16. The first-order valence-electron chi connectivity index (χ1n) is 7.95. The lowest BCUT2D eigenvalue weighted by Gasteiger charge is -2.02. The van der Waals surface area contributed by atoms with Crippen LogP contribution in [0, 0.1) is 0 Å². The van der Waals surface area contributed by atoms with Crippen LogP contribution >= 0.6 is 11.3 Å². The number of benzene rings is 2. The lowest BCUT2D eigenvalue weighted by Crippen LogP contribution is -2.24. The average molecular weight is 366 g/mol. The van der Waals surface area contributed by atoms with E-state index in [-0.39, 0.29) is 12.5 Å². The number of carbonyl (C=O) groups is 1. The number of anilines is 1. The number of nitrogens with zero attached hydrogens (tertiary/aromatic N) is 2. The topological polar surface area (TPSA) is 75.6 Å². The molecule has 6 nitrogen and oxygen atoms in total. The Labute approximate surface area is 155 Å². The molecule has 2 aromatic carbocycles. The van der Waals surface area contributed by atoms with E-state index in [0.717, 1.165) is 22.6 Å². The van der Waals surface area contributed by atoms with Crippen molar-refractivity contribution in [3.63, 3.8) is 0 Å². The van der Waals surface area contributed by atoms with Crippen molar-refractivity contribution in [2.75, 3.05) is 19.0 Å². The molecular weight excluding hydrogens is 348 g/mol. The number of amides is 1. The normalized spacial score (nSPS) is 10.7. The number of rotatable bonds is 7. The summed E-state index contributed by atoms with van der Waals surface area (Å²) in [5.74, 6) is 0.582. The van der Waals surface area contributed by atoms with Crippen LogP contribution in [0.25, 0.3) is 11.3 Å². The summed E-state index contributed by atoms with van der Waals surface area (Å²) in [6.07, 6.45) is 1.64. The van der Waals surface area contributed by atoms with E-state index in [2.05, 4.69) is 20.8 Å². The predicted octanol–water partition coefficient (Wildman–Crippen LogP) is 3.38. The minimum absolute atomic E-state index is 0.0624. The summed E-state index contributed by atoms with van der Waals surface area (Å²) in [6.45, 7) is 0.0624. The molecular formula is C19H18N4O2S. The van der Waals surface area contributed by atoms with Crippen molar-refractivity contribution in [1.82, 2.24) is 10.4 Å². The maximum atomic E-state index is 12.0. The summed E-state index contributed by atoms with van der Waals surface area (Å²) < 4.78 is 5.09. The van der Waals surface area contributed by atoms with Crippen LogP contribution in [0.3, 0.4) is 0 Å². The number of carbonyl (C=O) groups excluding carboxylic acids is 1. The Balaban J connectivity index is 1.47. The summed E-state index contributed by atoms with van der Waals surface area (Å²) in [4.78, 5) is 16.4. The summed E-state index contributed by atoms with van der Waals surface area (Å²) >= 11 is 1.39. The quantitative estimate of drug-likeness (QED) is 0.496. The van der Waals surface area contributed by atoms with E-state index in [9.17, 15) is 4.79 Å². The number of thiazole rings is 1. The molecule has 3 rings (SSSR count). The standard InChI is InChI=1S/C19H18N4O2S/c1-25-16-9-7-14(8-10-16)11-20-21-12-18(24)23-19-22-17(13-26-19)15-5-3-2-4-6-15/h2-11,13,21H,12H2,1H3,(H,22,23,24)/b20-11+. The Kier molecular flexibility index (Phi) is 5.95. The van der Waals surface area contributed by atoms with E-state index < -0.39 is 0 Å². The maximum Gasteiger partial charge on any atom is 0.247 e. The molecule has 132 valence electrons. The van der Waals surface area contributed by atoms with Gasteiger partial charge in [0.2, 0.25) is 5.91 Å². The molecule has 1 aromatic heterocycles. The zero-order valence-corrected chi connectivity index (χ0v) is 15.0. The fourth-order valence-corrected chi connectivity index (χ4v) is 2.90. The highest BCUT2D eigenvalue weighted by Gasteiger charge is 2.07. The van der Waals surface area contributed by atoms with E-state index >= 15 is 0 Å². The third-order valence-electron chi connectivity index (χ3n) is 3.48. The van der Waals surface area contributed by atoms with E-state index in [4.69, 9.17) is 4.74 Å². The number of nitrogens with one attached hydrogen (secondary N) is 2. The highest BCUT2D eigenvalue weighted by atomic mass is 32.1. The smallest absolute Gasteiger partial charge is 0.247 e. The highest BCUT2D eigenvalue weighted by molar-refractivity contribution is 7.14. The number of ether oxygens (including phenoxy) is 1. The van der Waals surface area contributed by atoms with E-state index in [0.29, 0.717) is 5.13 Å². The fraction of sp³-hybridized carbons (Fsp3) is 0.105. The lowest BCUT2D eigenvalue weighted by molar-refractivity contribution is -0.115. The second-order valence-corrected chi connectivity index (χ2v) is 6.18. The third kappa shape index (κ3) is 4.90. The Morgan fingerprint density at radius 2 is 1.96 bits per heavy atom. The summed E-state index contributed by atoms with van der Waals surface area (Å²) in [5.41, 5.74) is 5.50. The molecule has 0 unspecified atom stereocenters. The molecule has 2 N–H and O–H groups in total. The summed E-state index contributed by atoms with van der Waals surface area (Å²) in [5, 5.41) is 9.28. The minimum Gasteiger partial charge on any atom is -0.497 e. The van der Waals surface area contributed by atoms with Gasteiger partial charge < -0.3 is 15.5 Å². The highest BCUT2D eigenvalue weighted by Crippen LogP contribution is 2.24. The van der Waals surface area contributed by atoms with Crippen molar-refractivity contribution in [1.29, 1.82) is 0 Å². The summed E-state index contributed by atoms with van der Waals surface area (Å²) in [7, 11) is 1.62. The van der Waals surface area contributed by atoms with Gasteiger partial charge in [0.1, 0.15) is 12.3 Å². The molecule has 3 aromatic rings. The Morgan fingerprint density at radius 3 is 2.69 bits per heavy atom. The Hall–Kier alpha value is -3.19. The second kappa shape index (κ2) is 8.77. The molecule has 0 aliphatic rings. The van der Waals surface area contributed by atoms with E-state index in [1.807, 2.05) is 60.0 Å². The Morgan fingerprint density at radius 1 is 1.19 bits per heavy atom. The molecule has 1 amide bonds. The first-order chi connectivity index (χ1) is 12.7. The van der Waals surface area contributed by atoms with Crippen LogP contribution < -0.4 is 15.5 Å². The number of hydrazone groups is 1. The molecule has 0 atom stereocenters. The van der Waals surface area contributed by atoms with Gasteiger partial charge in [0, 0.05) is 10.9 Å². The average Bonchev–Trinajstić information content (AvgIpc) is 3.15. The van der Waals surface area contributed by atoms with Gasteiger partial charge in [-0.3, -0.25) is 4.79 Å². The van der Waals surface area contributed by atoms with Crippen LogP contribution in [-0.2, 0) is 4.79 Å². The number of aromatic nitrogens is 1. The molecule has 0 spiro atoms. The van der Waals surface area contributed by atoms with Crippen LogP contribution in [0.15, 0.2) is 65.1 Å². The maximum absolute atomic E-state index is 12.0. The van der Waals surface area contributed by atoms with Gasteiger partial charge >= 0.3 is 0 Å². The van der Waals surface area contributed by atoms with Crippen LogP contribution in [-0.4, -0.2) is 30.8 Å². The number of methoxy groups -OCH3 is 1. The van der Waals surface area contributed by atoms with Gasteiger partial charge in [-0.2, -0.15) is 5.10 Å². The predicted molar refractivity (Wildman–Crippen MR) is 105 cm³/mol. The molecule has 0 saturated carbocycles. The molecule has 0 radical (unpaired) electrons. The van der Waals surface area contributed by atoms with E-state index in [1.54, 1.807) is 13.3 Å². The molecule has 0 bridgehead atoms.